The summed E-state index contributed by atoms with van der Waals surface area (Å²) in [7, 11) is 4.23. The van der Waals surface area contributed by atoms with Crippen molar-refractivity contribution >= 4 is 0 Å². The third kappa shape index (κ3) is 2.11. The van der Waals surface area contributed by atoms with Crippen LogP contribution in [0.5, 0.6) is 0 Å². The average molecular weight is 324 g/mol. The Morgan fingerprint density at radius 1 is 0.600 bits per heavy atom. The smallest absolute Gasteiger partial charge is 0.0484 e. The lowest BCUT2D eigenvalue weighted by Crippen LogP contribution is -1.97. The second-order valence-electron chi connectivity index (χ2n) is 6.90. The van der Waals surface area contributed by atoms with Crippen LogP contribution in [-0.4, -0.2) is 9.13 Å². The summed E-state index contributed by atoms with van der Waals surface area (Å²) in [6.07, 6.45) is 5.26. The molecule has 2 aromatic heterocycles. The zero-order valence-electron chi connectivity index (χ0n) is 14.5. The molecular formula is C23H20N2. The number of hydrogen-bond acceptors (Lipinski definition) is 0. The minimum Gasteiger partial charge on any atom is -0.351 e. The second-order valence-corrected chi connectivity index (χ2v) is 6.90. The molecule has 0 amide bonds. The maximum Gasteiger partial charge on any atom is 0.0484 e. The largest absolute Gasteiger partial charge is 0.351 e. The molecule has 0 N–H and O–H groups in total. The maximum absolute atomic E-state index is 2.40. The molecule has 0 saturated carbocycles. The van der Waals surface area contributed by atoms with Crippen LogP contribution in [0.25, 0.3) is 33.6 Å². The molecule has 0 spiro atoms. The fourth-order valence-electron chi connectivity index (χ4n) is 4.09. The van der Waals surface area contributed by atoms with E-state index in [0.717, 1.165) is 6.42 Å². The van der Waals surface area contributed by atoms with Crippen LogP contribution in [0.4, 0.5) is 0 Å². The molecule has 0 fully saturated rings. The first-order valence-electron chi connectivity index (χ1n) is 8.71. The fraction of sp³-hybridized carbons (Fsp3) is 0.130. The number of nitrogens with zero attached hydrogens (tertiary/aromatic N) is 2. The van der Waals surface area contributed by atoms with Crippen molar-refractivity contribution < 1.29 is 0 Å². The molecule has 2 heteroatoms. The van der Waals surface area contributed by atoms with E-state index >= 15 is 0 Å². The maximum atomic E-state index is 2.40. The van der Waals surface area contributed by atoms with Gasteiger partial charge in [-0.2, -0.15) is 0 Å². The summed E-state index contributed by atoms with van der Waals surface area (Å²) < 4.78 is 4.41. The molecular weight excluding hydrogens is 304 g/mol. The van der Waals surface area contributed by atoms with Crippen LogP contribution in [0.3, 0.4) is 0 Å². The van der Waals surface area contributed by atoms with Crippen LogP contribution in [0.15, 0.2) is 73.1 Å². The van der Waals surface area contributed by atoms with Crippen LogP contribution in [0, 0.1) is 0 Å². The Balaban J connectivity index is 1.82. The minimum atomic E-state index is 1.02. The van der Waals surface area contributed by atoms with Gasteiger partial charge in [-0.25, -0.2) is 0 Å². The number of rotatable bonds is 2. The van der Waals surface area contributed by atoms with Crippen molar-refractivity contribution in [3.05, 3.63) is 84.2 Å². The number of aromatic nitrogens is 2. The van der Waals surface area contributed by atoms with Gasteiger partial charge in [-0.3, -0.25) is 0 Å². The van der Waals surface area contributed by atoms with Crippen molar-refractivity contribution in [2.45, 2.75) is 6.42 Å². The van der Waals surface area contributed by atoms with E-state index in [1.807, 2.05) is 0 Å². The topological polar surface area (TPSA) is 9.86 Å². The van der Waals surface area contributed by atoms with Crippen molar-refractivity contribution in [2.75, 3.05) is 0 Å². The summed E-state index contributed by atoms with van der Waals surface area (Å²) in [5.41, 5.74) is 10.7. The van der Waals surface area contributed by atoms with Gasteiger partial charge in [0, 0.05) is 49.0 Å². The Kier molecular flexibility index (Phi) is 3.01. The lowest BCUT2D eigenvalue weighted by atomic mass is 9.94. The molecule has 25 heavy (non-hydrogen) atoms. The lowest BCUT2D eigenvalue weighted by molar-refractivity contribution is 0.928. The molecule has 1 aliphatic rings. The van der Waals surface area contributed by atoms with E-state index < -0.39 is 0 Å². The summed E-state index contributed by atoms with van der Waals surface area (Å²) in [5, 5.41) is 0. The first-order valence-corrected chi connectivity index (χ1v) is 8.71. The Labute approximate surface area is 148 Å². The van der Waals surface area contributed by atoms with Gasteiger partial charge in [-0.1, -0.05) is 24.3 Å². The highest BCUT2D eigenvalue weighted by Crippen LogP contribution is 2.43. The highest BCUT2D eigenvalue weighted by atomic mass is 14.9. The van der Waals surface area contributed by atoms with E-state index in [4.69, 9.17) is 0 Å². The third-order valence-electron chi connectivity index (χ3n) is 5.37. The average Bonchev–Trinajstić information content (AvgIpc) is 3.31. The number of hydrogen-bond donors (Lipinski definition) is 0. The quantitative estimate of drug-likeness (QED) is 0.419. The number of aryl methyl sites for hydroxylation is 2. The third-order valence-corrected chi connectivity index (χ3v) is 5.37. The minimum absolute atomic E-state index is 1.02. The van der Waals surface area contributed by atoms with Crippen molar-refractivity contribution in [1.29, 1.82) is 0 Å². The summed E-state index contributed by atoms with van der Waals surface area (Å²) in [4.78, 5) is 0. The van der Waals surface area contributed by atoms with E-state index in [-0.39, 0.29) is 0 Å². The van der Waals surface area contributed by atoms with E-state index in [2.05, 4.69) is 96.3 Å². The summed E-state index contributed by atoms with van der Waals surface area (Å²) in [5.74, 6) is 0. The molecule has 1 aliphatic carbocycles. The van der Waals surface area contributed by atoms with Crippen LogP contribution in [-0.2, 0) is 20.5 Å². The molecule has 0 atom stereocenters. The standard InChI is InChI=1S/C23H20N2/c1-24-11-5-9-22(24)20-14-17-13-16-7-3-4-8-18(16)19(17)15-21(20)23-10-6-12-25(23)2/h3-12,14-15H,13H2,1-2H3. The van der Waals surface area contributed by atoms with Crippen LogP contribution in [0.2, 0.25) is 0 Å². The lowest BCUT2D eigenvalue weighted by Gasteiger charge is -2.15. The Morgan fingerprint density at radius 3 is 1.88 bits per heavy atom. The Morgan fingerprint density at radius 2 is 1.24 bits per heavy atom. The van der Waals surface area contributed by atoms with E-state index in [9.17, 15) is 0 Å². The summed E-state index contributed by atoms with van der Waals surface area (Å²) in [6, 6.07) is 22.2. The predicted molar refractivity (Wildman–Crippen MR) is 103 cm³/mol. The van der Waals surface area contributed by atoms with E-state index in [1.165, 1.54) is 44.8 Å². The molecule has 2 nitrogen and oxygen atoms in total. The second kappa shape index (κ2) is 5.25. The van der Waals surface area contributed by atoms with Crippen molar-refractivity contribution in [1.82, 2.24) is 9.13 Å². The molecule has 0 aliphatic heterocycles. The monoisotopic (exact) mass is 324 g/mol. The molecule has 0 bridgehead atoms. The van der Waals surface area contributed by atoms with Crippen LogP contribution in [0.1, 0.15) is 11.1 Å². The SMILES string of the molecule is Cn1cccc1-c1cc2c(cc1-c1cccn1C)-c1ccccc1C2. The van der Waals surface area contributed by atoms with Crippen LogP contribution < -0.4 is 0 Å². The molecule has 5 rings (SSSR count). The van der Waals surface area contributed by atoms with Crippen molar-refractivity contribution in [3.63, 3.8) is 0 Å². The molecule has 2 aromatic carbocycles. The van der Waals surface area contributed by atoms with Gasteiger partial charge >= 0.3 is 0 Å². The van der Waals surface area contributed by atoms with Crippen LogP contribution >= 0.6 is 0 Å². The van der Waals surface area contributed by atoms with Gasteiger partial charge in [-0.05, 0) is 65.1 Å². The normalized spacial score (nSPS) is 12.2. The van der Waals surface area contributed by atoms with E-state index in [0.29, 0.717) is 0 Å². The summed E-state index contributed by atoms with van der Waals surface area (Å²) in [6.45, 7) is 0. The number of benzene rings is 2. The molecule has 4 aromatic rings. The molecule has 0 saturated heterocycles. The fourth-order valence-corrected chi connectivity index (χ4v) is 4.09. The summed E-state index contributed by atoms with van der Waals surface area (Å²) >= 11 is 0. The zero-order chi connectivity index (χ0) is 17.0. The molecule has 122 valence electrons. The van der Waals surface area contributed by atoms with Gasteiger partial charge < -0.3 is 9.13 Å². The number of fused-ring (bicyclic) bond motifs is 3. The Hall–Kier alpha value is -3.00. The highest BCUT2D eigenvalue weighted by molar-refractivity contribution is 5.89. The predicted octanol–water partition coefficient (Wildman–Crippen LogP) is 5.27. The first-order chi connectivity index (χ1) is 12.2. The van der Waals surface area contributed by atoms with Gasteiger partial charge in [0.25, 0.3) is 0 Å². The highest BCUT2D eigenvalue weighted by Gasteiger charge is 2.22. The van der Waals surface area contributed by atoms with Crippen molar-refractivity contribution in [3.8, 4) is 33.6 Å². The van der Waals surface area contributed by atoms with Gasteiger partial charge in [0.2, 0.25) is 0 Å². The molecule has 2 heterocycles. The molecule has 0 radical (unpaired) electrons. The molecule has 0 unspecified atom stereocenters. The van der Waals surface area contributed by atoms with Gasteiger partial charge in [0.15, 0.2) is 0 Å². The van der Waals surface area contributed by atoms with Crippen molar-refractivity contribution in [2.24, 2.45) is 14.1 Å². The van der Waals surface area contributed by atoms with Gasteiger partial charge in [0.05, 0.1) is 0 Å². The Bertz CT molecular complexity index is 1090. The zero-order valence-corrected chi connectivity index (χ0v) is 14.5. The van der Waals surface area contributed by atoms with Gasteiger partial charge in [-0.15, -0.1) is 0 Å². The first kappa shape index (κ1) is 14.4. The van der Waals surface area contributed by atoms with E-state index in [1.54, 1.807) is 0 Å². The van der Waals surface area contributed by atoms with Gasteiger partial charge in [0.1, 0.15) is 0 Å².